The number of carbonyl (C=O) groups excluding carboxylic acids is 1. The Morgan fingerprint density at radius 3 is 2.56 bits per heavy atom. The predicted octanol–water partition coefficient (Wildman–Crippen LogP) is 4.49. The molecule has 0 spiro atoms. The summed E-state index contributed by atoms with van der Waals surface area (Å²) in [6.07, 6.45) is 4.34. The highest BCUT2D eigenvalue weighted by molar-refractivity contribution is 6.03. The number of benzene rings is 3. The van der Waals surface area contributed by atoms with E-state index in [0.29, 0.717) is 11.4 Å². The van der Waals surface area contributed by atoms with E-state index < -0.39 is 0 Å². The van der Waals surface area contributed by atoms with Crippen molar-refractivity contribution in [3.63, 3.8) is 0 Å². The molecule has 0 unspecified atom stereocenters. The number of carbonyl (C=O) groups is 1. The second kappa shape index (κ2) is 6.29. The van der Waals surface area contributed by atoms with Crippen LogP contribution in [0.5, 0.6) is 0 Å². The molecule has 3 aromatic carbocycles. The molecule has 0 aliphatic heterocycles. The number of hydrogen-bond acceptors (Lipinski definition) is 2. The number of fused-ring (bicyclic) bond motifs is 3. The van der Waals surface area contributed by atoms with Crippen molar-refractivity contribution in [2.75, 3.05) is 11.1 Å². The summed E-state index contributed by atoms with van der Waals surface area (Å²) < 4.78 is 0. The molecule has 0 bridgehead atoms. The minimum absolute atomic E-state index is 0.196. The van der Waals surface area contributed by atoms with E-state index in [4.69, 9.17) is 5.73 Å². The van der Waals surface area contributed by atoms with Gasteiger partial charge in [-0.2, -0.15) is 0 Å². The number of amides is 1. The molecule has 0 heterocycles. The van der Waals surface area contributed by atoms with Crippen molar-refractivity contribution in [1.29, 1.82) is 0 Å². The third-order valence-corrected chi connectivity index (χ3v) is 4.47. The van der Waals surface area contributed by atoms with Gasteiger partial charge in [0.25, 0.3) is 0 Å². The maximum absolute atomic E-state index is 12.1. The quantitative estimate of drug-likeness (QED) is 0.430. The van der Waals surface area contributed by atoms with Crippen molar-refractivity contribution in [2.24, 2.45) is 0 Å². The van der Waals surface area contributed by atoms with Crippen LogP contribution in [0.1, 0.15) is 16.7 Å². The van der Waals surface area contributed by atoms with E-state index in [1.54, 1.807) is 12.1 Å². The number of para-hydroxylation sites is 2. The monoisotopic (exact) mass is 326 g/mol. The average molecular weight is 326 g/mol. The normalized spacial score (nSPS) is 12.0. The van der Waals surface area contributed by atoms with E-state index in [0.717, 1.165) is 12.0 Å². The molecule has 0 saturated carbocycles. The summed E-state index contributed by atoms with van der Waals surface area (Å²) in [5.41, 5.74) is 13.3. The lowest BCUT2D eigenvalue weighted by molar-refractivity contribution is -0.111. The first-order chi connectivity index (χ1) is 12.2. The summed E-state index contributed by atoms with van der Waals surface area (Å²) in [5, 5.41) is 2.80. The fourth-order valence-corrected chi connectivity index (χ4v) is 3.20. The molecule has 0 fully saturated rings. The van der Waals surface area contributed by atoms with Crippen molar-refractivity contribution in [3.8, 4) is 11.1 Å². The summed E-state index contributed by atoms with van der Waals surface area (Å²) in [5.74, 6) is -0.196. The molecular weight excluding hydrogens is 308 g/mol. The van der Waals surface area contributed by atoms with E-state index in [1.165, 1.54) is 28.3 Å². The van der Waals surface area contributed by atoms with Gasteiger partial charge in [-0.3, -0.25) is 4.79 Å². The Kier molecular flexibility index (Phi) is 3.82. The average Bonchev–Trinajstić information content (AvgIpc) is 3.00. The van der Waals surface area contributed by atoms with Gasteiger partial charge in [0.2, 0.25) is 5.91 Å². The highest BCUT2D eigenvalue weighted by Crippen LogP contribution is 2.36. The van der Waals surface area contributed by atoms with Gasteiger partial charge >= 0.3 is 0 Å². The maximum Gasteiger partial charge on any atom is 0.248 e. The molecule has 1 aliphatic rings. The van der Waals surface area contributed by atoms with Crippen molar-refractivity contribution in [2.45, 2.75) is 6.42 Å². The summed E-state index contributed by atoms with van der Waals surface area (Å²) in [7, 11) is 0. The van der Waals surface area contributed by atoms with Gasteiger partial charge in [-0.1, -0.05) is 48.5 Å². The zero-order chi connectivity index (χ0) is 17.2. The highest BCUT2D eigenvalue weighted by Gasteiger charge is 2.17. The third-order valence-electron chi connectivity index (χ3n) is 4.47. The van der Waals surface area contributed by atoms with Crippen LogP contribution in [0, 0.1) is 0 Å². The van der Waals surface area contributed by atoms with Gasteiger partial charge in [-0.15, -0.1) is 0 Å². The van der Waals surface area contributed by atoms with Crippen LogP contribution in [0.3, 0.4) is 0 Å². The van der Waals surface area contributed by atoms with Crippen LogP contribution < -0.4 is 11.1 Å². The maximum atomic E-state index is 12.1. The van der Waals surface area contributed by atoms with Gasteiger partial charge in [0, 0.05) is 6.08 Å². The first-order valence-electron chi connectivity index (χ1n) is 8.25. The second-order valence-electron chi connectivity index (χ2n) is 6.16. The van der Waals surface area contributed by atoms with E-state index in [9.17, 15) is 4.79 Å². The van der Waals surface area contributed by atoms with Crippen LogP contribution in [0.4, 0.5) is 11.4 Å². The molecule has 0 radical (unpaired) electrons. The number of rotatable bonds is 3. The van der Waals surface area contributed by atoms with Gasteiger partial charge in [-0.05, 0) is 58.5 Å². The van der Waals surface area contributed by atoms with E-state index in [1.807, 2.05) is 24.3 Å². The van der Waals surface area contributed by atoms with Gasteiger partial charge in [0.05, 0.1) is 11.4 Å². The smallest absolute Gasteiger partial charge is 0.248 e. The molecule has 0 aromatic heterocycles. The number of nitrogens with one attached hydrogen (secondary N) is 1. The van der Waals surface area contributed by atoms with Crippen LogP contribution in [0.15, 0.2) is 72.8 Å². The number of hydrogen-bond donors (Lipinski definition) is 2. The largest absolute Gasteiger partial charge is 0.397 e. The van der Waals surface area contributed by atoms with Crippen molar-refractivity contribution in [3.05, 3.63) is 89.5 Å². The van der Waals surface area contributed by atoms with Crippen LogP contribution in [0.2, 0.25) is 0 Å². The molecule has 25 heavy (non-hydrogen) atoms. The van der Waals surface area contributed by atoms with Crippen molar-refractivity contribution >= 4 is 23.4 Å². The van der Waals surface area contributed by atoms with Crippen molar-refractivity contribution in [1.82, 2.24) is 0 Å². The molecule has 3 heteroatoms. The topological polar surface area (TPSA) is 55.1 Å². The van der Waals surface area contributed by atoms with Crippen LogP contribution in [-0.4, -0.2) is 5.91 Å². The standard InChI is InChI=1S/C22H18N2O/c23-20-7-3-4-8-21(20)24-22(25)12-10-15-9-11-17-14-16-5-1-2-6-18(16)19(17)13-15/h1-13H,14,23H2,(H,24,25). The molecular formula is C22H18N2O. The fraction of sp³-hybridized carbons (Fsp3) is 0.0455. The summed E-state index contributed by atoms with van der Waals surface area (Å²) >= 11 is 0. The SMILES string of the molecule is Nc1ccccc1NC(=O)C=Cc1ccc2c(c1)-c1ccccc1C2. The Morgan fingerprint density at radius 2 is 1.68 bits per heavy atom. The van der Waals surface area contributed by atoms with Gasteiger partial charge < -0.3 is 11.1 Å². The fourth-order valence-electron chi connectivity index (χ4n) is 3.20. The lowest BCUT2D eigenvalue weighted by Gasteiger charge is -2.05. The molecule has 3 aromatic rings. The minimum atomic E-state index is -0.196. The predicted molar refractivity (Wildman–Crippen MR) is 103 cm³/mol. The van der Waals surface area contributed by atoms with Gasteiger partial charge in [0.1, 0.15) is 0 Å². The van der Waals surface area contributed by atoms with Gasteiger partial charge in [0.15, 0.2) is 0 Å². The Morgan fingerprint density at radius 1 is 0.920 bits per heavy atom. The van der Waals surface area contributed by atoms with Crippen LogP contribution in [-0.2, 0) is 11.2 Å². The zero-order valence-electron chi connectivity index (χ0n) is 13.7. The minimum Gasteiger partial charge on any atom is -0.397 e. The van der Waals surface area contributed by atoms with Crippen LogP contribution >= 0.6 is 0 Å². The highest BCUT2D eigenvalue weighted by atomic mass is 16.1. The van der Waals surface area contributed by atoms with Crippen LogP contribution in [0.25, 0.3) is 17.2 Å². The zero-order valence-corrected chi connectivity index (χ0v) is 13.7. The summed E-state index contributed by atoms with van der Waals surface area (Å²) in [6.45, 7) is 0. The first-order valence-corrected chi connectivity index (χ1v) is 8.25. The Bertz CT molecular complexity index is 989. The Labute approximate surface area is 146 Å². The molecule has 122 valence electrons. The summed E-state index contributed by atoms with van der Waals surface area (Å²) in [6, 6.07) is 22.0. The first kappa shape index (κ1) is 15.2. The molecule has 1 aliphatic carbocycles. The summed E-state index contributed by atoms with van der Waals surface area (Å²) in [4.78, 5) is 12.1. The molecule has 4 rings (SSSR count). The number of nitrogen functional groups attached to an aromatic ring is 1. The molecule has 1 amide bonds. The van der Waals surface area contributed by atoms with E-state index in [-0.39, 0.29) is 5.91 Å². The van der Waals surface area contributed by atoms with E-state index >= 15 is 0 Å². The second-order valence-corrected chi connectivity index (χ2v) is 6.16. The Balaban J connectivity index is 1.53. The number of nitrogens with two attached hydrogens (primary N) is 1. The lowest BCUT2D eigenvalue weighted by Crippen LogP contribution is -2.09. The Hall–Kier alpha value is -3.33. The van der Waals surface area contributed by atoms with E-state index in [2.05, 4.69) is 41.7 Å². The molecule has 0 saturated heterocycles. The van der Waals surface area contributed by atoms with Gasteiger partial charge in [-0.25, -0.2) is 0 Å². The lowest BCUT2D eigenvalue weighted by atomic mass is 10.0. The number of anilines is 2. The molecule has 0 atom stereocenters. The molecule has 3 N–H and O–H groups in total. The molecule has 3 nitrogen and oxygen atoms in total. The third kappa shape index (κ3) is 3.04. The van der Waals surface area contributed by atoms with Crippen molar-refractivity contribution < 1.29 is 4.79 Å².